The van der Waals surface area contributed by atoms with Crippen molar-refractivity contribution < 1.29 is 13.2 Å². The first-order valence-electron chi connectivity index (χ1n) is 8.84. The molecule has 1 aliphatic carbocycles. The van der Waals surface area contributed by atoms with Gasteiger partial charge in [-0.05, 0) is 62.4 Å². The number of rotatable bonds is 5. The molecule has 0 bridgehead atoms. The number of amides is 1. The molecule has 1 aromatic heterocycles. The summed E-state index contributed by atoms with van der Waals surface area (Å²) in [5.41, 5.74) is 4.15. The van der Waals surface area contributed by atoms with E-state index < -0.39 is 10.0 Å². The number of aryl methyl sites for hydroxylation is 3. The summed E-state index contributed by atoms with van der Waals surface area (Å²) in [7, 11) is -0.568. The average Bonchev–Trinajstić information content (AvgIpc) is 3.04. The molecule has 1 aliphatic rings. The van der Waals surface area contributed by atoms with Gasteiger partial charge in [0, 0.05) is 13.2 Å². The van der Waals surface area contributed by atoms with Gasteiger partial charge in [-0.2, -0.15) is 0 Å². The third-order valence-corrected chi connectivity index (χ3v) is 6.39. The van der Waals surface area contributed by atoms with E-state index in [0.717, 1.165) is 18.4 Å². The summed E-state index contributed by atoms with van der Waals surface area (Å²) in [6.07, 6.45) is 6.10. The second kappa shape index (κ2) is 7.25. The SMILES string of the molecule is CNS(=O)(=O)c1cc(C(=O)N[C@H](C)c2ccc3c(c2)CCCC3)n(C)c1. The number of fused-ring (bicyclic) bond motifs is 1. The van der Waals surface area contributed by atoms with E-state index in [0.29, 0.717) is 5.69 Å². The van der Waals surface area contributed by atoms with Crippen molar-refractivity contribution in [2.75, 3.05) is 7.05 Å². The monoisotopic (exact) mass is 375 g/mol. The lowest BCUT2D eigenvalue weighted by atomic mass is 9.89. The van der Waals surface area contributed by atoms with Crippen LogP contribution < -0.4 is 10.0 Å². The van der Waals surface area contributed by atoms with Crippen LogP contribution in [0.15, 0.2) is 35.4 Å². The minimum absolute atomic E-state index is 0.0779. The first-order chi connectivity index (χ1) is 12.3. The number of nitrogens with one attached hydrogen (secondary N) is 2. The molecule has 140 valence electrons. The highest BCUT2D eigenvalue weighted by Gasteiger charge is 2.21. The highest BCUT2D eigenvalue weighted by molar-refractivity contribution is 7.89. The molecular formula is C19H25N3O3S. The van der Waals surface area contributed by atoms with E-state index in [-0.39, 0.29) is 16.8 Å². The summed E-state index contributed by atoms with van der Waals surface area (Å²) in [5, 5.41) is 2.97. The standard InChI is InChI=1S/C19H25N3O3S/c1-13(15-9-8-14-6-4-5-7-16(14)10-15)21-19(23)18-11-17(12-22(18)3)26(24,25)20-2/h8-13,20H,4-7H2,1-3H3,(H,21,23)/t13-/m1/s1. The van der Waals surface area contributed by atoms with Gasteiger partial charge in [0.25, 0.3) is 5.91 Å². The van der Waals surface area contributed by atoms with Crippen LogP contribution in [0.25, 0.3) is 0 Å². The van der Waals surface area contributed by atoms with Crippen LogP contribution in [-0.2, 0) is 29.9 Å². The molecule has 2 N–H and O–H groups in total. The lowest BCUT2D eigenvalue weighted by molar-refractivity contribution is 0.0931. The summed E-state index contributed by atoms with van der Waals surface area (Å²) in [6, 6.07) is 7.64. The Morgan fingerprint density at radius 1 is 1.15 bits per heavy atom. The molecule has 0 saturated carbocycles. The number of carbonyl (C=O) groups is 1. The number of benzene rings is 1. The summed E-state index contributed by atoms with van der Waals surface area (Å²) >= 11 is 0. The highest BCUT2D eigenvalue weighted by atomic mass is 32.2. The predicted molar refractivity (Wildman–Crippen MR) is 101 cm³/mol. The van der Waals surface area contributed by atoms with Crippen LogP contribution in [0.2, 0.25) is 0 Å². The zero-order chi connectivity index (χ0) is 18.9. The van der Waals surface area contributed by atoms with Gasteiger partial charge in [-0.3, -0.25) is 4.79 Å². The third-order valence-electron chi connectivity index (χ3n) is 5.01. The Morgan fingerprint density at radius 2 is 1.85 bits per heavy atom. The molecule has 2 aromatic rings. The van der Waals surface area contributed by atoms with Crippen LogP contribution in [0, 0.1) is 0 Å². The van der Waals surface area contributed by atoms with Gasteiger partial charge in [0.05, 0.1) is 6.04 Å². The van der Waals surface area contributed by atoms with E-state index in [1.54, 1.807) is 7.05 Å². The van der Waals surface area contributed by atoms with Crippen LogP contribution in [-0.4, -0.2) is 25.9 Å². The third kappa shape index (κ3) is 3.68. The molecule has 0 fully saturated rings. The summed E-state index contributed by atoms with van der Waals surface area (Å²) in [4.78, 5) is 12.7. The van der Waals surface area contributed by atoms with Gasteiger partial charge >= 0.3 is 0 Å². The fourth-order valence-corrected chi connectivity index (χ4v) is 4.20. The maximum Gasteiger partial charge on any atom is 0.268 e. The number of hydrogen-bond donors (Lipinski definition) is 2. The van der Waals surface area contributed by atoms with E-state index >= 15 is 0 Å². The van der Waals surface area contributed by atoms with Gasteiger partial charge in [-0.1, -0.05) is 18.2 Å². The summed E-state index contributed by atoms with van der Waals surface area (Å²) in [6.45, 7) is 1.94. The van der Waals surface area contributed by atoms with Crippen LogP contribution in [0.1, 0.15) is 53.0 Å². The van der Waals surface area contributed by atoms with E-state index in [1.807, 2.05) is 6.92 Å². The van der Waals surface area contributed by atoms with Gasteiger partial charge in [-0.25, -0.2) is 13.1 Å². The summed E-state index contributed by atoms with van der Waals surface area (Å²) < 4.78 is 27.6. The average molecular weight is 375 g/mol. The minimum Gasteiger partial charge on any atom is -0.345 e. The molecule has 6 nitrogen and oxygen atoms in total. The highest BCUT2D eigenvalue weighted by Crippen LogP contribution is 2.25. The fraction of sp³-hybridized carbons (Fsp3) is 0.421. The van der Waals surface area contributed by atoms with Crippen LogP contribution in [0.3, 0.4) is 0 Å². The van der Waals surface area contributed by atoms with Crippen molar-refractivity contribution in [3.05, 3.63) is 52.8 Å². The van der Waals surface area contributed by atoms with Crippen LogP contribution in [0.5, 0.6) is 0 Å². The lowest BCUT2D eigenvalue weighted by Gasteiger charge is -2.20. The second-order valence-electron chi connectivity index (χ2n) is 6.81. The molecule has 1 aromatic carbocycles. The molecule has 3 rings (SSSR count). The number of nitrogens with zero attached hydrogens (tertiary/aromatic N) is 1. The Hall–Kier alpha value is -2.12. The van der Waals surface area contributed by atoms with Gasteiger partial charge in [0.15, 0.2) is 0 Å². The van der Waals surface area contributed by atoms with E-state index in [2.05, 4.69) is 28.2 Å². The molecular weight excluding hydrogens is 350 g/mol. The van der Waals surface area contributed by atoms with Gasteiger partial charge in [0.2, 0.25) is 10.0 Å². The minimum atomic E-state index is -3.58. The number of carbonyl (C=O) groups excluding carboxylic acids is 1. The number of sulfonamides is 1. The Bertz CT molecular complexity index is 932. The van der Waals surface area contributed by atoms with E-state index in [1.165, 1.54) is 47.8 Å². The molecule has 0 spiro atoms. The molecule has 0 unspecified atom stereocenters. The van der Waals surface area contributed by atoms with Crippen LogP contribution in [0.4, 0.5) is 0 Å². The topological polar surface area (TPSA) is 80.2 Å². The molecule has 0 saturated heterocycles. The molecule has 7 heteroatoms. The van der Waals surface area contributed by atoms with Crippen molar-refractivity contribution in [3.63, 3.8) is 0 Å². The molecule has 0 aliphatic heterocycles. The maximum atomic E-state index is 12.6. The Balaban J connectivity index is 1.78. The van der Waals surface area contributed by atoms with Gasteiger partial charge < -0.3 is 9.88 Å². The zero-order valence-electron chi connectivity index (χ0n) is 15.4. The van der Waals surface area contributed by atoms with Crippen molar-refractivity contribution in [3.8, 4) is 0 Å². The van der Waals surface area contributed by atoms with Crippen molar-refractivity contribution >= 4 is 15.9 Å². The molecule has 26 heavy (non-hydrogen) atoms. The maximum absolute atomic E-state index is 12.6. The Kier molecular flexibility index (Phi) is 5.20. The van der Waals surface area contributed by atoms with Crippen LogP contribution >= 0.6 is 0 Å². The number of hydrogen-bond acceptors (Lipinski definition) is 3. The molecule has 1 heterocycles. The van der Waals surface area contributed by atoms with Crippen molar-refractivity contribution in [2.45, 2.75) is 43.5 Å². The Labute approximate surface area is 154 Å². The smallest absolute Gasteiger partial charge is 0.268 e. The largest absolute Gasteiger partial charge is 0.345 e. The normalized spacial score (nSPS) is 15.3. The zero-order valence-corrected chi connectivity index (χ0v) is 16.2. The first kappa shape index (κ1) is 18.7. The van der Waals surface area contributed by atoms with E-state index in [9.17, 15) is 13.2 Å². The molecule has 0 radical (unpaired) electrons. The van der Waals surface area contributed by atoms with Crippen molar-refractivity contribution in [2.24, 2.45) is 7.05 Å². The molecule has 1 atom stereocenters. The first-order valence-corrected chi connectivity index (χ1v) is 10.3. The number of aromatic nitrogens is 1. The fourth-order valence-electron chi connectivity index (χ4n) is 3.40. The van der Waals surface area contributed by atoms with E-state index in [4.69, 9.17) is 0 Å². The summed E-state index contributed by atoms with van der Waals surface area (Å²) in [5.74, 6) is -0.296. The van der Waals surface area contributed by atoms with Crippen molar-refractivity contribution in [1.29, 1.82) is 0 Å². The second-order valence-corrected chi connectivity index (χ2v) is 8.70. The molecule has 1 amide bonds. The Morgan fingerprint density at radius 3 is 2.54 bits per heavy atom. The van der Waals surface area contributed by atoms with Gasteiger partial charge in [0.1, 0.15) is 10.6 Å². The lowest BCUT2D eigenvalue weighted by Crippen LogP contribution is -2.28. The van der Waals surface area contributed by atoms with Gasteiger partial charge in [-0.15, -0.1) is 0 Å². The predicted octanol–water partition coefficient (Wildman–Crippen LogP) is 2.30. The van der Waals surface area contributed by atoms with Crippen molar-refractivity contribution in [1.82, 2.24) is 14.6 Å². The quantitative estimate of drug-likeness (QED) is 0.841.